The van der Waals surface area contributed by atoms with Crippen LogP contribution in [0, 0.1) is 11.8 Å². The van der Waals surface area contributed by atoms with Gasteiger partial charge in [-0.05, 0) is 36.0 Å². The molecule has 0 saturated carbocycles. The molecule has 0 spiro atoms. The van der Waals surface area contributed by atoms with Gasteiger partial charge in [-0.25, -0.2) is 0 Å². The second-order valence-corrected chi connectivity index (χ2v) is 9.14. The molecule has 34 heavy (non-hydrogen) atoms. The van der Waals surface area contributed by atoms with Gasteiger partial charge in [0.25, 0.3) is 0 Å². The number of amides is 1. The minimum absolute atomic E-state index is 0.00568. The third-order valence-electron chi connectivity index (χ3n) is 6.33. The molecule has 0 aliphatic carbocycles. The largest absolute Gasteiger partial charge is 0.586 e. The number of aromatic hydroxyl groups is 1. The topological polar surface area (TPSA) is 77.5 Å². The van der Waals surface area contributed by atoms with Crippen LogP contribution in [0.3, 0.4) is 0 Å². The maximum atomic E-state index is 13.6. The van der Waals surface area contributed by atoms with E-state index in [1.165, 1.54) is 32.4 Å². The fraction of sp³-hybridized carbons (Fsp3) is 0.480. The molecule has 2 aromatic rings. The van der Waals surface area contributed by atoms with Gasteiger partial charge in [-0.3, -0.25) is 4.79 Å². The Morgan fingerprint density at radius 1 is 1.12 bits per heavy atom. The molecule has 4 rings (SSSR count). The Kier molecular flexibility index (Phi) is 6.47. The van der Waals surface area contributed by atoms with E-state index < -0.39 is 12.2 Å². The second-order valence-electron chi connectivity index (χ2n) is 9.14. The Hall–Kier alpha value is -3.23. The quantitative estimate of drug-likeness (QED) is 0.647. The summed E-state index contributed by atoms with van der Waals surface area (Å²) < 4.78 is 47.1. The zero-order valence-electron chi connectivity index (χ0n) is 19.6. The smallest absolute Gasteiger partial charge is 0.507 e. The maximum absolute atomic E-state index is 13.6. The summed E-state index contributed by atoms with van der Waals surface area (Å²) in [5.74, 6) is 0.316. The van der Waals surface area contributed by atoms with Crippen LogP contribution in [-0.2, 0) is 4.79 Å². The molecule has 184 valence electrons. The van der Waals surface area contributed by atoms with Gasteiger partial charge in [-0.1, -0.05) is 19.9 Å². The summed E-state index contributed by atoms with van der Waals surface area (Å²) in [7, 11) is 2.91. The van der Waals surface area contributed by atoms with Crippen molar-refractivity contribution in [3.05, 3.63) is 41.5 Å². The van der Waals surface area contributed by atoms with E-state index in [0.29, 0.717) is 47.6 Å². The number of hydrogen-bond acceptors (Lipinski definition) is 6. The lowest BCUT2D eigenvalue weighted by molar-refractivity contribution is -0.286. The lowest BCUT2D eigenvalue weighted by atomic mass is 9.85. The van der Waals surface area contributed by atoms with Gasteiger partial charge >= 0.3 is 6.29 Å². The highest BCUT2D eigenvalue weighted by Crippen LogP contribution is 2.47. The van der Waals surface area contributed by atoms with Crippen molar-refractivity contribution in [1.29, 1.82) is 0 Å². The van der Waals surface area contributed by atoms with Gasteiger partial charge in [0.05, 0.1) is 14.2 Å². The van der Waals surface area contributed by atoms with Gasteiger partial charge in [0.15, 0.2) is 11.5 Å². The summed E-state index contributed by atoms with van der Waals surface area (Å²) in [6.07, 6.45) is -2.70. The SMILES string of the molecule is COc1cc(O)c(C(CC(=O)N2CC(C)CC(C)C2)c2ccc3c(c2)OC(F)(F)O3)c(OC)c1. The van der Waals surface area contributed by atoms with Gasteiger partial charge < -0.3 is 29.0 Å². The van der Waals surface area contributed by atoms with Gasteiger partial charge in [0.2, 0.25) is 5.91 Å². The number of hydrogen-bond donors (Lipinski definition) is 1. The van der Waals surface area contributed by atoms with Crippen LogP contribution in [0.25, 0.3) is 0 Å². The molecular weight excluding hydrogens is 448 g/mol. The van der Waals surface area contributed by atoms with Crippen LogP contribution in [0.15, 0.2) is 30.3 Å². The zero-order valence-corrected chi connectivity index (χ0v) is 19.6. The zero-order chi connectivity index (χ0) is 24.6. The average Bonchev–Trinajstić information content (AvgIpc) is 3.09. The van der Waals surface area contributed by atoms with E-state index >= 15 is 0 Å². The molecule has 2 heterocycles. The van der Waals surface area contributed by atoms with Gasteiger partial charge in [-0.15, -0.1) is 8.78 Å². The predicted octanol–water partition coefficient (Wildman–Crippen LogP) is 4.76. The van der Waals surface area contributed by atoms with E-state index in [0.717, 1.165) is 6.42 Å². The molecule has 0 aromatic heterocycles. The molecule has 7 nitrogen and oxygen atoms in total. The summed E-state index contributed by atoms with van der Waals surface area (Å²) in [6, 6.07) is 7.42. The highest BCUT2D eigenvalue weighted by molar-refractivity contribution is 5.78. The van der Waals surface area contributed by atoms with Crippen molar-refractivity contribution < 1.29 is 37.6 Å². The van der Waals surface area contributed by atoms with E-state index in [4.69, 9.17) is 9.47 Å². The van der Waals surface area contributed by atoms with Gasteiger partial charge in [0, 0.05) is 43.1 Å². The number of carbonyl (C=O) groups excluding carboxylic acids is 1. The number of halogens is 2. The highest BCUT2D eigenvalue weighted by Gasteiger charge is 2.44. The fourth-order valence-electron chi connectivity index (χ4n) is 4.96. The number of carbonyl (C=O) groups is 1. The summed E-state index contributed by atoms with van der Waals surface area (Å²) in [4.78, 5) is 15.3. The number of benzene rings is 2. The first kappa shape index (κ1) is 23.9. The molecule has 9 heteroatoms. The third-order valence-corrected chi connectivity index (χ3v) is 6.33. The van der Waals surface area contributed by atoms with Crippen molar-refractivity contribution in [3.8, 4) is 28.7 Å². The maximum Gasteiger partial charge on any atom is 0.586 e. The number of nitrogens with zero attached hydrogens (tertiary/aromatic N) is 1. The van der Waals surface area contributed by atoms with E-state index in [1.807, 2.05) is 4.90 Å². The van der Waals surface area contributed by atoms with Crippen LogP contribution in [0.4, 0.5) is 8.78 Å². The Balaban J connectivity index is 1.75. The number of methoxy groups -OCH3 is 2. The van der Waals surface area contributed by atoms with E-state index in [9.17, 15) is 18.7 Å². The summed E-state index contributed by atoms with van der Waals surface area (Å²) in [5, 5.41) is 10.9. The van der Waals surface area contributed by atoms with Crippen LogP contribution < -0.4 is 18.9 Å². The highest BCUT2D eigenvalue weighted by atomic mass is 19.3. The van der Waals surface area contributed by atoms with Crippen molar-refractivity contribution in [2.75, 3.05) is 27.3 Å². The predicted molar refractivity (Wildman–Crippen MR) is 120 cm³/mol. The molecule has 2 aliphatic rings. The Bertz CT molecular complexity index is 1070. The summed E-state index contributed by atoms with van der Waals surface area (Å²) >= 11 is 0. The monoisotopic (exact) mass is 477 g/mol. The number of rotatable bonds is 6. The number of alkyl halides is 2. The third kappa shape index (κ3) is 4.83. The van der Waals surface area contributed by atoms with Gasteiger partial charge in [0.1, 0.15) is 17.2 Å². The minimum Gasteiger partial charge on any atom is -0.507 e. The second kappa shape index (κ2) is 9.19. The Labute approximate surface area is 197 Å². The number of fused-ring (bicyclic) bond motifs is 1. The molecule has 1 saturated heterocycles. The molecular formula is C25H29F2NO6. The van der Waals surface area contributed by atoms with Crippen molar-refractivity contribution >= 4 is 5.91 Å². The number of phenols is 1. The lowest BCUT2D eigenvalue weighted by Gasteiger charge is -2.36. The van der Waals surface area contributed by atoms with Crippen molar-refractivity contribution in [1.82, 2.24) is 4.90 Å². The van der Waals surface area contributed by atoms with E-state index in [1.54, 1.807) is 12.1 Å². The molecule has 0 bridgehead atoms. The summed E-state index contributed by atoms with van der Waals surface area (Å²) in [6.45, 7) is 5.53. The number of piperidine rings is 1. The van der Waals surface area contributed by atoms with Crippen molar-refractivity contribution in [2.24, 2.45) is 11.8 Å². The Morgan fingerprint density at radius 3 is 2.44 bits per heavy atom. The van der Waals surface area contributed by atoms with E-state index in [-0.39, 0.29) is 29.6 Å². The van der Waals surface area contributed by atoms with Gasteiger partial charge in [-0.2, -0.15) is 0 Å². The molecule has 1 fully saturated rings. The van der Waals surface area contributed by atoms with Crippen LogP contribution >= 0.6 is 0 Å². The molecule has 3 unspecified atom stereocenters. The molecule has 2 aromatic carbocycles. The first-order valence-corrected chi connectivity index (χ1v) is 11.2. The molecule has 3 atom stereocenters. The van der Waals surface area contributed by atoms with Crippen LogP contribution in [-0.4, -0.2) is 49.5 Å². The molecule has 1 N–H and O–H groups in total. The fourth-order valence-corrected chi connectivity index (χ4v) is 4.96. The van der Waals surface area contributed by atoms with Crippen LogP contribution in [0.2, 0.25) is 0 Å². The number of likely N-dealkylation sites (tertiary alicyclic amines) is 1. The summed E-state index contributed by atoms with van der Waals surface area (Å²) in [5.41, 5.74) is 0.866. The lowest BCUT2D eigenvalue weighted by Crippen LogP contribution is -2.43. The molecule has 2 aliphatic heterocycles. The van der Waals surface area contributed by atoms with E-state index in [2.05, 4.69) is 23.3 Å². The van der Waals surface area contributed by atoms with Crippen molar-refractivity contribution in [3.63, 3.8) is 0 Å². The van der Waals surface area contributed by atoms with Crippen LogP contribution in [0.5, 0.6) is 28.7 Å². The average molecular weight is 478 g/mol. The number of ether oxygens (including phenoxy) is 4. The Morgan fingerprint density at radius 2 is 1.79 bits per heavy atom. The number of phenolic OH excluding ortho intramolecular Hbond substituents is 1. The first-order valence-electron chi connectivity index (χ1n) is 11.2. The molecule has 1 amide bonds. The van der Waals surface area contributed by atoms with Crippen molar-refractivity contribution in [2.45, 2.75) is 38.9 Å². The minimum atomic E-state index is -3.76. The molecule has 0 radical (unpaired) electrons. The first-order chi connectivity index (χ1) is 16.1. The van der Waals surface area contributed by atoms with Crippen LogP contribution in [0.1, 0.15) is 43.7 Å². The normalized spacial score (nSPS) is 21.8. The standard InChI is InChI=1S/C25H29F2NO6/c1-14-7-15(2)13-28(12-14)23(30)11-18(24-19(29)9-17(31-3)10-22(24)32-4)16-5-6-20-21(8-16)34-25(26,27)33-20/h5-6,8-10,14-15,18,29H,7,11-13H2,1-4H3.